The molecule has 0 aromatic heterocycles. The Hall–Kier alpha value is -2.71. The molecule has 7 nitrogen and oxygen atoms in total. The average molecular weight is 374 g/mol. The van der Waals surface area contributed by atoms with Gasteiger partial charge in [0.25, 0.3) is 0 Å². The first-order valence-corrected chi connectivity index (χ1v) is 8.76. The molecule has 0 saturated heterocycles. The SMILES string of the molecule is COc1ccc(C(=O)CS/C(=N/N)N(N)c2cccc(C)c2)c(OC)c1. The van der Waals surface area contributed by atoms with Gasteiger partial charge in [0, 0.05) is 6.07 Å². The zero-order chi connectivity index (χ0) is 19.1. The highest BCUT2D eigenvalue weighted by Gasteiger charge is 2.17. The van der Waals surface area contributed by atoms with E-state index in [4.69, 9.17) is 21.2 Å². The number of rotatable bonds is 6. The van der Waals surface area contributed by atoms with E-state index in [2.05, 4.69) is 5.10 Å². The average Bonchev–Trinajstić information content (AvgIpc) is 2.67. The van der Waals surface area contributed by atoms with Crippen LogP contribution in [-0.4, -0.2) is 30.9 Å². The van der Waals surface area contributed by atoms with Crippen molar-refractivity contribution in [2.45, 2.75) is 6.92 Å². The summed E-state index contributed by atoms with van der Waals surface area (Å²) < 4.78 is 10.4. The number of methoxy groups -OCH3 is 2. The van der Waals surface area contributed by atoms with Crippen LogP contribution >= 0.6 is 11.8 Å². The maximum Gasteiger partial charge on any atom is 0.201 e. The topological polar surface area (TPSA) is 103 Å². The summed E-state index contributed by atoms with van der Waals surface area (Å²) in [6.45, 7) is 1.96. The van der Waals surface area contributed by atoms with Crippen LogP contribution in [-0.2, 0) is 0 Å². The number of hydrogen-bond donors (Lipinski definition) is 2. The number of ketones is 1. The van der Waals surface area contributed by atoms with Crippen molar-refractivity contribution in [2.75, 3.05) is 25.0 Å². The van der Waals surface area contributed by atoms with Crippen LogP contribution in [0.1, 0.15) is 15.9 Å². The van der Waals surface area contributed by atoms with Crippen LogP contribution in [0.5, 0.6) is 11.5 Å². The first-order chi connectivity index (χ1) is 12.5. The molecule has 0 radical (unpaired) electrons. The smallest absolute Gasteiger partial charge is 0.201 e. The van der Waals surface area contributed by atoms with Gasteiger partial charge in [-0.2, -0.15) is 5.10 Å². The van der Waals surface area contributed by atoms with Gasteiger partial charge in [0.05, 0.1) is 31.2 Å². The van der Waals surface area contributed by atoms with Crippen molar-refractivity contribution in [3.63, 3.8) is 0 Å². The van der Waals surface area contributed by atoms with Gasteiger partial charge >= 0.3 is 0 Å². The molecular formula is C18H22N4O3S. The molecule has 0 unspecified atom stereocenters. The molecule has 26 heavy (non-hydrogen) atoms. The van der Waals surface area contributed by atoms with Gasteiger partial charge in [-0.1, -0.05) is 23.9 Å². The number of thioether (sulfide) groups is 1. The number of aryl methyl sites for hydroxylation is 1. The van der Waals surface area contributed by atoms with E-state index in [1.807, 2.05) is 31.2 Å². The minimum atomic E-state index is -0.131. The fraction of sp³-hybridized carbons (Fsp3) is 0.222. The van der Waals surface area contributed by atoms with E-state index in [9.17, 15) is 4.79 Å². The molecule has 2 aromatic rings. The van der Waals surface area contributed by atoms with Crippen molar-refractivity contribution in [3.8, 4) is 11.5 Å². The minimum absolute atomic E-state index is 0.109. The van der Waals surface area contributed by atoms with Gasteiger partial charge in [-0.25, -0.2) is 5.84 Å². The molecule has 2 aromatic carbocycles. The number of ether oxygens (including phenoxy) is 2. The number of benzene rings is 2. The highest BCUT2D eigenvalue weighted by atomic mass is 32.2. The van der Waals surface area contributed by atoms with E-state index in [1.54, 1.807) is 25.3 Å². The number of hydrogen-bond acceptors (Lipinski definition) is 7. The Morgan fingerprint density at radius 2 is 1.96 bits per heavy atom. The first kappa shape index (κ1) is 19.6. The van der Waals surface area contributed by atoms with Crippen LogP contribution < -0.4 is 26.2 Å². The second-order valence-electron chi connectivity index (χ2n) is 5.40. The molecule has 138 valence electrons. The molecule has 0 fully saturated rings. The van der Waals surface area contributed by atoms with Gasteiger partial charge in [0.2, 0.25) is 5.17 Å². The van der Waals surface area contributed by atoms with Gasteiger partial charge in [-0.3, -0.25) is 9.80 Å². The summed E-state index contributed by atoms with van der Waals surface area (Å²) in [7, 11) is 3.06. The second kappa shape index (κ2) is 9.12. The summed E-state index contributed by atoms with van der Waals surface area (Å²) in [5.74, 6) is 12.6. The Bertz CT molecular complexity index is 811. The Balaban J connectivity index is 2.10. The Labute approximate surface area is 156 Å². The molecule has 0 heterocycles. The quantitative estimate of drug-likeness (QED) is 0.263. The summed E-state index contributed by atoms with van der Waals surface area (Å²) in [4.78, 5) is 12.6. The van der Waals surface area contributed by atoms with Gasteiger partial charge in [-0.15, -0.1) is 0 Å². The van der Waals surface area contributed by atoms with Gasteiger partial charge in [-0.05, 0) is 36.8 Å². The fourth-order valence-corrected chi connectivity index (χ4v) is 3.03. The van der Waals surface area contributed by atoms with E-state index in [0.29, 0.717) is 22.2 Å². The first-order valence-electron chi connectivity index (χ1n) is 7.77. The van der Waals surface area contributed by atoms with Crippen LogP contribution in [0.15, 0.2) is 47.6 Å². The number of amidine groups is 1. The molecule has 0 amide bonds. The molecule has 0 atom stereocenters. The highest BCUT2D eigenvalue weighted by molar-refractivity contribution is 8.14. The maximum atomic E-state index is 12.6. The molecule has 0 spiro atoms. The number of carbonyl (C=O) groups excluding carboxylic acids is 1. The van der Waals surface area contributed by atoms with Gasteiger partial charge in [0.1, 0.15) is 11.5 Å². The monoisotopic (exact) mass is 374 g/mol. The fourth-order valence-electron chi connectivity index (χ4n) is 2.29. The molecule has 8 heteroatoms. The molecule has 4 N–H and O–H groups in total. The summed E-state index contributed by atoms with van der Waals surface area (Å²) in [5.41, 5.74) is 2.24. The number of hydrazine groups is 1. The molecular weight excluding hydrogens is 352 g/mol. The number of Topliss-reactive ketones (excluding diaryl/α,β-unsaturated/α-hetero) is 1. The lowest BCUT2D eigenvalue weighted by Gasteiger charge is -2.19. The predicted molar refractivity (Wildman–Crippen MR) is 106 cm³/mol. The zero-order valence-electron chi connectivity index (χ0n) is 14.9. The van der Waals surface area contributed by atoms with Crippen LogP contribution in [0.3, 0.4) is 0 Å². The largest absolute Gasteiger partial charge is 0.497 e. The second-order valence-corrected chi connectivity index (χ2v) is 6.34. The number of hydrazone groups is 1. The van der Waals surface area contributed by atoms with E-state index in [0.717, 1.165) is 23.0 Å². The summed E-state index contributed by atoms with van der Waals surface area (Å²) in [5, 5.41) is 5.39. The summed E-state index contributed by atoms with van der Waals surface area (Å²) in [6, 6.07) is 12.6. The van der Waals surface area contributed by atoms with Crippen LogP contribution in [0.25, 0.3) is 0 Å². The summed E-state index contributed by atoms with van der Waals surface area (Å²) >= 11 is 1.15. The molecule has 0 saturated carbocycles. The minimum Gasteiger partial charge on any atom is -0.497 e. The third kappa shape index (κ3) is 4.68. The van der Waals surface area contributed by atoms with Crippen molar-refractivity contribution in [1.29, 1.82) is 0 Å². The van der Waals surface area contributed by atoms with Crippen molar-refractivity contribution in [3.05, 3.63) is 53.6 Å². The Morgan fingerprint density at radius 3 is 2.58 bits per heavy atom. The maximum absolute atomic E-state index is 12.6. The number of nitrogens with zero attached hydrogens (tertiary/aromatic N) is 2. The number of nitrogens with two attached hydrogens (primary N) is 2. The number of anilines is 1. The van der Waals surface area contributed by atoms with Crippen molar-refractivity contribution in [1.82, 2.24) is 0 Å². The zero-order valence-corrected chi connectivity index (χ0v) is 15.7. The molecule has 0 aliphatic rings. The lowest BCUT2D eigenvalue weighted by atomic mass is 10.1. The van der Waals surface area contributed by atoms with Crippen molar-refractivity contribution >= 4 is 28.4 Å². The Kier molecular flexibility index (Phi) is 6.88. The van der Waals surface area contributed by atoms with Crippen molar-refractivity contribution < 1.29 is 14.3 Å². The van der Waals surface area contributed by atoms with Crippen LogP contribution in [0.2, 0.25) is 0 Å². The predicted octanol–water partition coefficient (Wildman–Crippen LogP) is 2.54. The molecule has 0 bridgehead atoms. The third-order valence-electron chi connectivity index (χ3n) is 3.64. The van der Waals surface area contributed by atoms with E-state index >= 15 is 0 Å². The normalized spacial score (nSPS) is 11.2. The highest BCUT2D eigenvalue weighted by Crippen LogP contribution is 2.26. The van der Waals surface area contributed by atoms with Crippen molar-refractivity contribution in [2.24, 2.45) is 16.8 Å². The van der Waals surface area contributed by atoms with Gasteiger partial charge < -0.3 is 15.3 Å². The van der Waals surface area contributed by atoms with Crippen LogP contribution in [0, 0.1) is 6.92 Å². The third-order valence-corrected chi connectivity index (χ3v) is 4.60. The molecule has 0 aliphatic carbocycles. The standard InChI is InChI=1S/C18H22N4O3S/c1-12-5-4-6-13(9-12)22(20)18(21-19)26-11-16(23)15-8-7-14(24-2)10-17(15)25-3/h4-10H,11,19-20H2,1-3H3/b21-18+. The van der Waals surface area contributed by atoms with Gasteiger partial charge in [0.15, 0.2) is 5.78 Å². The lowest BCUT2D eigenvalue weighted by molar-refractivity contribution is 0.102. The lowest BCUT2D eigenvalue weighted by Crippen LogP contribution is -2.37. The number of carbonyl (C=O) groups is 1. The van der Waals surface area contributed by atoms with E-state index in [-0.39, 0.29) is 11.5 Å². The van der Waals surface area contributed by atoms with E-state index in [1.165, 1.54) is 12.1 Å². The molecule has 0 aliphatic heterocycles. The summed E-state index contributed by atoms with van der Waals surface area (Å²) in [6.07, 6.45) is 0. The van der Waals surface area contributed by atoms with Crippen LogP contribution in [0.4, 0.5) is 5.69 Å². The van der Waals surface area contributed by atoms with E-state index < -0.39 is 0 Å². The Morgan fingerprint density at radius 1 is 1.19 bits per heavy atom. The molecule has 2 rings (SSSR count).